The van der Waals surface area contributed by atoms with Gasteiger partial charge in [-0.05, 0) is 77.1 Å². The third-order valence-corrected chi connectivity index (χ3v) is 5.96. The maximum absolute atomic E-state index is 2.27. The largest absolute Gasteiger partial charge is 0.0870 e. The molecule has 0 fully saturated rings. The molecule has 0 aliphatic rings. The second-order valence-corrected chi connectivity index (χ2v) is 8.27. The van der Waals surface area contributed by atoms with Crippen LogP contribution in [0.3, 0.4) is 0 Å². The molecular formula is C32H30. The van der Waals surface area contributed by atoms with Crippen LogP contribution in [0, 0.1) is 0 Å². The second-order valence-electron chi connectivity index (χ2n) is 8.27. The lowest BCUT2D eigenvalue weighted by Gasteiger charge is -2.15. The van der Waals surface area contributed by atoms with Crippen molar-refractivity contribution in [2.45, 2.75) is 27.7 Å². The first-order valence-corrected chi connectivity index (χ1v) is 11.3. The van der Waals surface area contributed by atoms with Gasteiger partial charge >= 0.3 is 0 Å². The maximum Gasteiger partial charge on any atom is -0.00993 e. The van der Waals surface area contributed by atoms with Crippen LogP contribution in [0.1, 0.15) is 44.4 Å². The summed E-state index contributed by atoms with van der Waals surface area (Å²) in [5.74, 6) is 0. The van der Waals surface area contributed by atoms with E-state index in [9.17, 15) is 0 Å². The monoisotopic (exact) mass is 414 g/mol. The molecule has 0 bridgehead atoms. The lowest BCUT2D eigenvalue weighted by Crippen LogP contribution is -1.93. The van der Waals surface area contributed by atoms with Crippen LogP contribution in [0.5, 0.6) is 0 Å². The Labute approximate surface area is 191 Å². The topological polar surface area (TPSA) is 0 Å². The number of hydrogen-bond acceptors (Lipinski definition) is 0. The average molecular weight is 415 g/mol. The van der Waals surface area contributed by atoms with E-state index in [1.807, 2.05) is 0 Å². The van der Waals surface area contributed by atoms with Crippen LogP contribution in [0.15, 0.2) is 108 Å². The van der Waals surface area contributed by atoms with Crippen LogP contribution >= 0.6 is 0 Å². The van der Waals surface area contributed by atoms with Crippen molar-refractivity contribution in [1.82, 2.24) is 0 Å². The lowest BCUT2D eigenvalue weighted by molar-refractivity contribution is 1.34. The van der Waals surface area contributed by atoms with Crippen molar-refractivity contribution in [3.05, 3.63) is 125 Å². The Hall–Kier alpha value is -3.64. The third-order valence-electron chi connectivity index (χ3n) is 5.96. The van der Waals surface area contributed by atoms with Crippen LogP contribution < -0.4 is 0 Å². The number of fused-ring (bicyclic) bond motifs is 2. The quantitative estimate of drug-likeness (QED) is 0.225. The van der Waals surface area contributed by atoms with E-state index in [1.165, 1.54) is 55.0 Å². The Morgan fingerprint density at radius 2 is 1.25 bits per heavy atom. The van der Waals surface area contributed by atoms with Crippen molar-refractivity contribution in [3.63, 3.8) is 0 Å². The van der Waals surface area contributed by atoms with Gasteiger partial charge in [-0.15, -0.1) is 0 Å². The van der Waals surface area contributed by atoms with E-state index < -0.39 is 0 Å². The molecule has 4 aromatic rings. The molecule has 0 spiro atoms. The molecule has 4 rings (SSSR count). The zero-order valence-electron chi connectivity index (χ0n) is 19.4. The molecule has 0 aliphatic carbocycles. The molecule has 0 unspecified atom stereocenters. The normalized spacial score (nSPS) is 12.3. The molecule has 0 heterocycles. The molecule has 0 aromatic heterocycles. The summed E-state index contributed by atoms with van der Waals surface area (Å²) in [5.41, 5.74) is 7.64. The van der Waals surface area contributed by atoms with Gasteiger partial charge in [-0.25, -0.2) is 0 Å². The summed E-state index contributed by atoms with van der Waals surface area (Å²) in [6, 6.07) is 28.3. The Kier molecular flexibility index (Phi) is 6.52. The molecule has 0 N–H and O–H groups in total. The Morgan fingerprint density at radius 3 is 1.94 bits per heavy atom. The Bertz CT molecular complexity index is 1380. The summed E-state index contributed by atoms with van der Waals surface area (Å²) in [6.45, 7) is 8.57. The molecule has 0 atom stereocenters. The summed E-state index contributed by atoms with van der Waals surface area (Å²) >= 11 is 0. The number of rotatable bonds is 5. The summed E-state index contributed by atoms with van der Waals surface area (Å²) < 4.78 is 0. The molecule has 158 valence electrons. The first-order chi connectivity index (χ1) is 15.6. The smallest absolute Gasteiger partial charge is 0.00993 e. The van der Waals surface area contributed by atoms with Gasteiger partial charge < -0.3 is 0 Å². The van der Waals surface area contributed by atoms with E-state index in [0.29, 0.717) is 0 Å². The van der Waals surface area contributed by atoms with Gasteiger partial charge in [0.1, 0.15) is 0 Å². The van der Waals surface area contributed by atoms with Gasteiger partial charge in [0, 0.05) is 0 Å². The van der Waals surface area contributed by atoms with Crippen molar-refractivity contribution in [1.29, 1.82) is 0 Å². The highest BCUT2D eigenvalue weighted by molar-refractivity contribution is 6.03. The standard InChI is InChI=1S/C32H30/c1-5-12-28(23(3)4)27(6-2)32-22-21-26(30-17-9-10-18-31(30)32)20-19-25-15-11-14-24-13-7-8-16-29(24)25/h5-22H,1-4H3. The minimum Gasteiger partial charge on any atom is -0.0870 e. The van der Waals surface area contributed by atoms with E-state index in [4.69, 9.17) is 0 Å². The molecule has 0 heteroatoms. The minimum absolute atomic E-state index is 1.23. The Balaban J connectivity index is 1.84. The van der Waals surface area contributed by atoms with Gasteiger partial charge in [-0.1, -0.05) is 115 Å². The highest BCUT2D eigenvalue weighted by Gasteiger charge is 2.11. The van der Waals surface area contributed by atoms with Crippen molar-refractivity contribution < 1.29 is 0 Å². The predicted octanol–water partition coefficient (Wildman–Crippen LogP) is 9.48. The molecule has 0 saturated carbocycles. The molecule has 4 aromatic carbocycles. The molecule has 32 heavy (non-hydrogen) atoms. The number of benzene rings is 4. The highest BCUT2D eigenvalue weighted by Crippen LogP contribution is 2.34. The highest BCUT2D eigenvalue weighted by atomic mass is 14.2. The van der Waals surface area contributed by atoms with E-state index in [-0.39, 0.29) is 0 Å². The maximum atomic E-state index is 2.27. The number of hydrogen-bond donors (Lipinski definition) is 0. The molecule has 0 amide bonds. The Morgan fingerprint density at radius 1 is 0.625 bits per heavy atom. The summed E-state index contributed by atoms with van der Waals surface area (Å²) in [7, 11) is 0. The van der Waals surface area contributed by atoms with Crippen molar-refractivity contribution in [3.8, 4) is 0 Å². The van der Waals surface area contributed by atoms with Gasteiger partial charge in [0.05, 0.1) is 0 Å². The first-order valence-electron chi connectivity index (χ1n) is 11.3. The van der Waals surface area contributed by atoms with Crippen LogP contribution in [0.4, 0.5) is 0 Å². The molecule has 0 nitrogen and oxygen atoms in total. The second kappa shape index (κ2) is 9.66. The average Bonchev–Trinajstić information content (AvgIpc) is 2.83. The fraction of sp³-hybridized carbons (Fsp3) is 0.125. The molecule has 0 radical (unpaired) electrons. The third kappa shape index (κ3) is 4.22. The fourth-order valence-corrected chi connectivity index (χ4v) is 4.43. The van der Waals surface area contributed by atoms with Gasteiger partial charge in [0.25, 0.3) is 0 Å². The van der Waals surface area contributed by atoms with E-state index >= 15 is 0 Å². The SMILES string of the molecule is CC=CC(C(=CC)c1ccc(C=Cc2cccc3ccccc23)c2ccccc12)=C(C)C. The van der Waals surface area contributed by atoms with E-state index in [2.05, 4.69) is 137 Å². The summed E-state index contributed by atoms with van der Waals surface area (Å²) in [5, 5.41) is 5.10. The van der Waals surface area contributed by atoms with E-state index in [1.54, 1.807) is 0 Å². The predicted molar refractivity (Wildman–Crippen MR) is 144 cm³/mol. The first kappa shape index (κ1) is 21.6. The van der Waals surface area contributed by atoms with Crippen molar-refractivity contribution in [2.75, 3.05) is 0 Å². The van der Waals surface area contributed by atoms with Crippen LogP contribution in [0.2, 0.25) is 0 Å². The van der Waals surface area contributed by atoms with Gasteiger partial charge in [-0.3, -0.25) is 0 Å². The summed E-state index contributed by atoms with van der Waals surface area (Å²) in [4.78, 5) is 0. The van der Waals surface area contributed by atoms with E-state index in [0.717, 1.165) is 0 Å². The van der Waals surface area contributed by atoms with Crippen LogP contribution in [0.25, 0.3) is 39.3 Å². The fourth-order valence-electron chi connectivity index (χ4n) is 4.43. The summed E-state index contributed by atoms with van der Waals surface area (Å²) in [6.07, 6.45) is 11.1. The zero-order chi connectivity index (χ0) is 22.5. The van der Waals surface area contributed by atoms with Gasteiger partial charge in [0.15, 0.2) is 0 Å². The van der Waals surface area contributed by atoms with Crippen LogP contribution in [-0.4, -0.2) is 0 Å². The van der Waals surface area contributed by atoms with Crippen molar-refractivity contribution >= 4 is 39.3 Å². The van der Waals surface area contributed by atoms with Gasteiger partial charge in [0.2, 0.25) is 0 Å². The van der Waals surface area contributed by atoms with Crippen molar-refractivity contribution in [2.24, 2.45) is 0 Å². The zero-order valence-corrected chi connectivity index (χ0v) is 19.4. The molecule has 0 aliphatic heterocycles. The minimum atomic E-state index is 1.23. The lowest BCUT2D eigenvalue weighted by atomic mass is 9.89. The van der Waals surface area contributed by atoms with Gasteiger partial charge in [-0.2, -0.15) is 0 Å². The molecular weight excluding hydrogens is 384 g/mol. The molecule has 0 saturated heterocycles. The number of allylic oxidation sites excluding steroid dienone is 6. The van der Waals surface area contributed by atoms with Crippen LogP contribution in [-0.2, 0) is 0 Å².